The summed E-state index contributed by atoms with van der Waals surface area (Å²) in [5.74, 6) is 0.0509. The average molecular weight is 298 g/mol. The monoisotopic (exact) mass is 298 g/mol. The number of aliphatic hydroxyl groups excluding tert-OH is 1. The zero-order valence-corrected chi connectivity index (χ0v) is 12.7. The summed E-state index contributed by atoms with van der Waals surface area (Å²) in [6.45, 7) is 4.75. The summed E-state index contributed by atoms with van der Waals surface area (Å²) >= 11 is 0. The second kappa shape index (κ2) is 6.20. The Labute approximate surface area is 125 Å². The number of carbonyl (C=O) groups excluding carboxylic acids is 1. The second-order valence-corrected chi connectivity index (χ2v) is 6.77. The van der Waals surface area contributed by atoms with E-state index in [0.717, 1.165) is 12.8 Å². The Hall–Kier alpha value is -0.690. The van der Waals surface area contributed by atoms with Crippen LogP contribution in [0.3, 0.4) is 0 Å². The van der Waals surface area contributed by atoms with Gasteiger partial charge in [-0.15, -0.1) is 0 Å². The van der Waals surface area contributed by atoms with Gasteiger partial charge in [0.05, 0.1) is 24.7 Å². The van der Waals surface area contributed by atoms with Crippen LogP contribution in [0.1, 0.15) is 39.5 Å². The molecule has 0 bridgehead atoms. The van der Waals surface area contributed by atoms with Crippen LogP contribution < -0.4 is 10.6 Å². The fourth-order valence-corrected chi connectivity index (χ4v) is 3.08. The zero-order valence-electron chi connectivity index (χ0n) is 12.7. The summed E-state index contributed by atoms with van der Waals surface area (Å²) in [6, 6.07) is 0.743. The van der Waals surface area contributed by atoms with E-state index in [9.17, 15) is 9.90 Å². The molecule has 3 N–H and O–H groups in total. The molecule has 1 aliphatic carbocycles. The number of carbonyl (C=O) groups is 1. The topological polar surface area (TPSA) is 79.8 Å². The fourth-order valence-electron chi connectivity index (χ4n) is 3.08. The van der Waals surface area contributed by atoms with E-state index in [1.165, 1.54) is 0 Å². The van der Waals surface area contributed by atoms with Crippen LogP contribution in [-0.4, -0.2) is 60.2 Å². The largest absolute Gasteiger partial charge is 0.388 e. The molecule has 1 amide bonds. The molecule has 3 rings (SSSR count). The Morgan fingerprint density at radius 1 is 1.33 bits per heavy atom. The van der Waals surface area contributed by atoms with E-state index in [4.69, 9.17) is 9.47 Å². The van der Waals surface area contributed by atoms with Crippen LogP contribution in [0.5, 0.6) is 0 Å². The van der Waals surface area contributed by atoms with Gasteiger partial charge in [0.1, 0.15) is 12.2 Å². The molecule has 0 aromatic carbocycles. The minimum atomic E-state index is -0.613. The first-order valence-corrected chi connectivity index (χ1v) is 8.04. The smallest absolute Gasteiger partial charge is 0.222 e. The molecule has 5 atom stereocenters. The van der Waals surface area contributed by atoms with E-state index in [0.29, 0.717) is 31.5 Å². The highest BCUT2D eigenvalue weighted by Gasteiger charge is 2.50. The lowest BCUT2D eigenvalue weighted by molar-refractivity contribution is -0.124. The Bertz CT molecular complexity index is 386. The van der Waals surface area contributed by atoms with Crippen molar-refractivity contribution in [2.24, 2.45) is 0 Å². The van der Waals surface area contributed by atoms with Crippen molar-refractivity contribution >= 4 is 5.91 Å². The van der Waals surface area contributed by atoms with E-state index in [-0.39, 0.29) is 30.3 Å². The number of amides is 1. The fraction of sp³-hybridized carbons (Fsp3) is 0.933. The molecule has 21 heavy (non-hydrogen) atoms. The van der Waals surface area contributed by atoms with Gasteiger partial charge in [-0.25, -0.2) is 0 Å². The van der Waals surface area contributed by atoms with Crippen LogP contribution in [0.2, 0.25) is 0 Å². The predicted molar refractivity (Wildman–Crippen MR) is 76.9 cm³/mol. The van der Waals surface area contributed by atoms with E-state index in [1.807, 2.05) is 0 Å². The average Bonchev–Trinajstić information content (AvgIpc) is 3.05. The highest BCUT2D eigenvalue weighted by molar-refractivity contribution is 5.77. The van der Waals surface area contributed by atoms with Crippen molar-refractivity contribution in [2.45, 2.75) is 82.1 Å². The van der Waals surface area contributed by atoms with Crippen LogP contribution in [0.25, 0.3) is 0 Å². The van der Waals surface area contributed by atoms with E-state index >= 15 is 0 Å². The highest BCUT2D eigenvalue weighted by atomic mass is 16.6. The molecule has 0 aromatic heterocycles. The maximum Gasteiger partial charge on any atom is 0.222 e. The molecular weight excluding hydrogens is 272 g/mol. The number of aliphatic hydroxyl groups is 1. The molecule has 6 nitrogen and oxygen atoms in total. The van der Waals surface area contributed by atoms with Crippen molar-refractivity contribution in [2.75, 3.05) is 6.54 Å². The number of fused-ring (bicyclic) bond motifs is 1. The van der Waals surface area contributed by atoms with E-state index in [1.54, 1.807) is 0 Å². The van der Waals surface area contributed by atoms with Crippen molar-refractivity contribution in [1.29, 1.82) is 0 Å². The van der Waals surface area contributed by atoms with Gasteiger partial charge in [-0.1, -0.05) is 13.8 Å². The predicted octanol–water partition coefficient (Wildman–Crippen LogP) is -0.0611. The minimum Gasteiger partial charge on any atom is -0.388 e. The number of hydrogen-bond acceptors (Lipinski definition) is 5. The molecule has 3 aliphatic rings. The Balaban J connectivity index is 1.44. The third-order valence-corrected chi connectivity index (χ3v) is 4.36. The molecule has 120 valence electrons. The van der Waals surface area contributed by atoms with Gasteiger partial charge in [-0.05, 0) is 12.8 Å². The van der Waals surface area contributed by atoms with Crippen molar-refractivity contribution in [3.8, 4) is 0 Å². The number of rotatable bonds is 6. The Morgan fingerprint density at radius 3 is 2.71 bits per heavy atom. The normalized spacial score (nSPS) is 38.8. The van der Waals surface area contributed by atoms with Crippen molar-refractivity contribution < 1.29 is 19.4 Å². The molecule has 0 spiro atoms. The summed E-state index contributed by atoms with van der Waals surface area (Å²) in [5, 5.41) is 16.5. The summed E-state index contributed by atoms with van der Waals surface area (Å²) in [7, 11) is 0. The molecule has 3 fully saturated rings. The molecule has 1 saturated carbocycles. The van der Waals surface area contributed by atoms with Gasteiger partial charge in [0.2, 0.25) is 5.91 Å². The van der Waals surface area contributed by atoms with Crippen LogP contribution in [0, 0.1) is 0 Å². The number of ether oxygens (including phenoxy) is 2. The van der Waals surface area contributed by atoms with Gasteiger partial charge in [0, 0.05) is 25.0 Å². The highest BCUT2D eigenvalue weighted by Crippen LogP contribution is 2.35. The number of nitrogens with one attached hydrogen (secondary N) is 2. The molecule has 2 aliphatic heterocycles. The van der Waals surface area contributed by atoms with Gasteiger partial charge in [-0.3, -0.25) is 4.79 Å². The minimum absolute atomic E-state index is 0.0509. The summed E-state index contributed by atoms with van der Waals surface area (Å²) in [5.41, 5.74) is 0. The molecule has 2 saturated heterocycles. The second-order valence-electron chi connectivity index (χ2n) is 6.77. The van der Waals surface area contributed by atoms with Crippen LogP contribution in [0.4, 0.5) is 0 Å². The van der Waals surface area contributed by atoms with Gasteiger partial charge >= 0.3 is 0 Å². The van der Waals surface area contributed by atoms with Gasteiger partial charge in [0.25, 0.3) is 0 Å². The van der Waals surface area contributed by atoms with Gasteiger partial charge < -0.3 is 25.2 Å². The van der Waals surface area contributed by atoms with Crippen LogP contribution in [0.15, 0.2) is 0 Å². The molecule has 5 unspecified atom stereocenters. The van der Waals surface area contributed by atoms with Crippen molar-refractivity contribution in [3.05, 3.63) is 0 Å². The van der Waals surface area contributed by atoms with Gasteiger partial charge in [0.15, 0.2) is 0 Å². The first kappa shape index (κ1) is 15.2. The first-order chi connectivity index (χ1) is 10.0. The van der Waals surface area contributed by atoms with Crippen LogP contribution >= 0.6 is 0 Å². The summed E-state index contributed by atoms with van der Waals surface area (Å²) in [4.78, 5) is 11.8. The summed E-state index contributed by atoms with van der Waals surface area (Å²) < 4.78 is 11.7. The van der Waals surface area contributed by atoms with Crippen LogP contribution in [-0.2, 0) is 14.3 Å². The molecule has 2 heterocycles. The lowest BCUT2D eigenvalue weighted by atomic mass is 10.1. The van der Waals surface area contributed by atoms with Crippen molar-refractivity contribution in [3.63, 3.8) is 0 Å². The quantitative estimate of drug-likeness (QED) is 0.640. The Kier molecular flexibility index (Phi) is 4.49. The maximum absolute atomic E-state index is 11.8. The van der Waals surface area contributed by atoms with E-state index < -0.39 is 6.10 Å². The molecule has 0 aromatic rings. The van der Waals surface area contributed by atoms with Gasteiger partial charge in [-0.2, -0.15) is 0 Å². The number of hydrogen-bond donors (Lipinski definition) is 3. The first-order valence-electron chi connectivity index (χ1n) is 8.04. The van der Waals surface area contributed by atoms with E-state index in [2.05, 4.69) is 24.5 Å². The molecular formula is C15H26N2O4. The molecule has 6 heteroatoms. The lowest BCUT2D eigenvalue weighted by Gasteiger charge is -2.21. The SMILES string of the molecule is CC(C)NCC1OC2CC(CC(=O)NC3CC3)OC2C1O. The third kappa shape index (κ3) is 3.74. The molecule has 0 radical (unpaired) electrons. The zero-order chi connectivity index (χ0) is 15.0. The maximum atomic E-state index is 11.8. The van der Waals surface area contributed by atoms with Crippen molar-refractivity contribution in [1.82, 2.24) is 10.6 Å². The summed E-state index contributed by atoms with van der Waals surface area (Å²) in [6.07, 6.45) is 1.91. The third-order valence-electron chi connectivity index (χ3n) is 4.36. The lowest BCUT2D eigenvalue weighted by Crippen LogP contribution is -2.41. The standard InChI is InChI=1S/C15H26N2O4/c1-8(2)16-7-12-14(19)15-11(21-12)5-10(20-15)6-13(18)17-9-3-4-9/h8-12,14-16,19H,3-7H2,1-2H3,(H,17,18). The Morgan fingerprint density at radius 2 is 2.10 bits per heavy atom.